The predicted molar refractivity (Wildman–Crippen MR) is 135 cm³/mol. The number of unbranched alkanes of at least 4 members (excludes halogenated alkanes) is 1. The molecule has 2 atom stereocenters. The molecule has 0 amide bonds. The van der Waals surface area contributed by atoms with Crippen LogP contribution in [0.2, 0.25) is 0 Å². The maximum atomic E-state index is 13.6. The summed E-state index contributed by atoms with van der Waals surface area (Å²) in [6.45, 7) is 12.9. The molecule has 3 nitrogen and oxygen atoms in total. The second kappa shape index (κ2) is 19.2. The smallest absolute Gasteiger partial charge is 0.416 e. The number of benzene rings is 1. The van der Waals surface area contributed by atoms with E-state index in [1.165, 1.54) is 6.92 Å². The zero-order chi connectivity index (χ0) is 28.4. The van der Waals surface area contributed by atoms with Crippen molar-refractivity contribution in [2.45, 2.75) is 118 Å². The lowest BCUT2D eigenvalue weighted by molar-refractivity contribution is -0.137. The average Bonchev–Trinajstić information content (AvgIpc) is 2.77. The molecule has 1 rings (SSSR count). The van der Waals surface area contributed by atoms with Crippen LogP contribution in [-0.4, -0.2) is 17.7 Å². The average molecular weight is 525 g/mol. The summed E-state index contributed by atoms with van der Waals surface area (Å²) in [5.41, 5.74) is -0.770. The van der Waals surface area contributed by atoms with Crippen molar-refractivity contribution in [2.75, 3.05) is 0 Å². The third-order valence-corrected chi connectivity index (χ3v) is 5.53. The van der Waals surface area contributed by atoms with Gasteiger partial charge in [-0.1, -0.05) is 66.7 Å². The fraction of sp³-hybridized carbons (Fsp3) is 0.714. The van der Waals surface area contributed by atoms with Gasteiger partial charge >= 0.3 is 12.1 Å². The van der Waals surface area contributed by atoms with Crippen LogP contribution in [0, 0.1) is 11.8 Å². The Morgan fingerprint density at radius 3 is 1.75 bits per heavy atom. The van der Waals surface area contributed by atoms with Gasteiger partial charge in [-0.2, -0.15) is 13.2 Å². The molecule has 210 valence electrons. The van der Waals surface area contributed by atoms with Crippen molar-refractivity contribution in [3.8, 4) is 5.75 Å². The minimum atomic E-state index is -4.37. The number of alkyl halides is 5. The van der Waals surface area contributed by atoms with Crippen LogP contribution in [0.1, 0.15) is 112 Å². The highest BCUT2D eigenvalue weighted by atomic mass is 19.4. The zero-order valence-electron chi connectivity index (χ0n) is 22.9. The summed E-state index contributed by atoms with van der Waals surface area (Å²) in [4.78, 5) is 20.7. The number of Topliss-reactive ketones (excluding diaryl/α,β-unsaturated/α-hetero) is 1. The van der Waals surface area contributed by atoms with Gasteiger partial charge in [0.1, 0.15) is 11.5 Å². The van der Waals surface area contributed by atoms with Crippen LogP contribution in [0.25, 0.3) is 0 Å². The minimum absolute atomic E-state index is 0.0592. The van der Waals surface area contributed by atoms with E-state index in [4.69, 9.17) is 0 Å². The Hall–Kier alpha value is -1.99. The number of carbonyl (C=O) groups is 2. The lowest BCUT2D eigenvalue weighted by Gasteiger charge is -2.24. The van der Waals surface area contributed by atoms with Gasteiger partial charge in [-0.25, -0.2) is 8.78 Å². The largest absolute Gasteiger partial charge is 0.427 e. The first-order valence-electron chi connectivity index (χ1n) is 12.8. The maximum absolute atomic E-state index is 13.6. The van der Waals surface area contributed by atoms with Crippen molar-refractivity contribution in [3.63, 3.8) is 0 Å². The van der Waals surface area contributed by atoms with E-state index in [1.54, 1.807) is 6.92 Å². The standard InChI is InChI=1S/C13H26F2.C9H7F3O2.C6H12O/c1-5-8-12(7-3)10-13(14,15)9-11(4)6-2;1-6(13)14-8-4-2-7(3-5-8)9(10,11)12;1-3-4-5-6(2)7/h11-12H,5-10H2,1-4H3;2-5H,1H3;3-5H2,1-2H3. The number of esters is 1. The molecule has 2 unspecified atom stereocenters. The highest BCUT2D eigenvalue weighted by Gasteiger charge is 2.33. The van der Waals surface area contributed by atoms with Gasteiger partial charge in [-0.05, 0) is 49.4 Å². The Morgan fingerprint density at radius 2 is 1.42 bits per heavy atom. The Labute approximate surface area is 214 Å². The summed E-state index contributed by atoms with van der Waals surface area (Å²) in [6.07, 6.45) is 2.39. The molecule has 0 radical (unpaired) electrons. The fourth-order valence-corrected chi connectivity index (χ4v) is 3.32. The molecule has 36 heavy (non-hydrogen) atoms. The molecule has 8 heteroatoms. The lowest BCUT2D eigenvalue weighted by atomic mass is 9.89. The van der Waals surface area contributed by atoms with E-state index < -0.39 is 23.6 Å². The minimum Gasteiger partial charge on any atom is -0.427 e. The Morgan fingerprint density at radius 1 is 0.861 bits per heavy atom. The normalized spacial score (nSPS) is 12.9. The summed E-state index contributed by atoms with van der Waals surface area (Å²) >= 11 is 0. The molecule has 0 aromatic heterocycles. The highest BCUT2D eigenvalue weighted by Crippen LogP contribution is 2.34. The molecule has 0 saturated heterocycles. The van der Waals surface area contributed by atoms with Crippen LogP contribution in [0.3, 0.4) is 0 Å². The molecular weight excluding hydrogens is 479 g/mol. The molecule has 0 N–H and O–H groups in total. The first-order chi connectivity index (χ1) is 16.6. The fourth-order valence-electron chi connectivity index (χ4n) is 3.32. The van der Waals surface area contributed by atoms with Crippen LogP contribution in [-0.2, 0) is 15.8 Å². The van der Waals surface area contributed by atoms with Gasteiger partial charge in [-0.3, -0.25) is 4.79 Å². The topological polar surface area (TPSA) is 43.4 Å². The third-order valence-electron chi connectivity index (χ3n) is 5.53. The van der Waals surface area contributed by atoms with Crippen LogP contribution >= 0.6 is 0 Å². The van der Waals surface area contributed by atoms with Gasteiger partial charge in [0.15, 0.2) is 0 Å². The van der Waals surface area contributed by atoms with Crippen LogP contribution in [0.15, 0.2) is 24.3 Å². The number of hydrogen-bond donors (Lipinski definition) is 0. The Balaban J connectivity index is 0. The summed E-state index contributed by atoms with van der Waals surface area (Å²) in [5, 5.41) is 0. The van der Waals surface area contributed by atoms with Crippen LogP contribution in [0.5, 0.6) is 5.75 Å². The van der Waals surface area contributed by atoms with E-state index in [-0.39, 0.29) is 30.4 Å². The Kier molecular flexibility index (Phi) is 19.3. The molecular formula is C28H45F5O3. The van der Waals surface area contributed by atoms with Gasteiger partial charge in [0.05, 0.1) is 5.56 Å². The first-order valence-corrected chi connectivity index (χ1v) is 12.8. The number of hydrogen-bond acceptors (Lipinski definition) is 3. The Bertz CT molecular complexity index is 715. The summed E-state index contributed by atoms with van der Waals surface area (Å²) in [5.74, 6) is -2.27. The SMILES string of the molecule is CC(=O)Oc1ccc(C(F)(F)F)cc1.CCCC(CC)CC(F)(F)CC(C)CC.CCCCC(C)=O. The van der Waals surface area contributed by atoms with Crippen molar-refractivity contribution in [1.29, 1.82) is 0 Å². The van der Waals surface area contributed by atoms with Gasteiger partial charge < -0.3 is 9.53 Å². The van der Waals surface area contributed by atoms with E-state index >= 15 is 0 Å². The molecule has 0 aliphatic carbocycles. The number of carbonyl (C=O) groups excluding carboxylic acids is 2. The molecule has 0 fully saturated rings. The third kappa shape index (κ3) is 20.2. The maximum Gasteiger partial charge on any atom is 0.416 e. The zero-order valence-corrected chi connectivity index (χ0v) is 22.9. The number of rotatable bonds is 12. The number of ketones is 1. The molecule has 0 aliphatic heterocycles. The van der Waals surface area contributed by atoms with Crippen molar-refractivity contribution >= 4 is 11.8 Å². The molecule has 0 spiro atoms. The molecule has 1 aromatic rings. The second-order valence-electron chi connectivity index (χ2n) is 9.26. The van der Waals surface area contributed by atoms with Crippen molar-refractivity contribution < 1.29 is 36.3 Å². The van der Waals surface area contributed by atoms with Gasteiger partial charge in [0, 0.05) is 26.2 Å². The number of halogens is 5. The molecule has 1 aromatic carbocycles. The monoisotopic (exact) mass is 524 g/mol. The quantitative estimate of drug-likeness (QED) is 0.155. The summed E-state index contributed by atoms with van der Waals surface area (Å²) in [6, 6.07) is 3.92. The van der Waals surface area contributed by atoms with Crippen molar-refractivity contribution in [3.05, 3.63) is 29.8 Å². The highest BCUT2D eigenvalue weighted by molar-refractivity contribution is 5.75. The number of ether oxygens (including phenoxy) is 1. The van der Waals surface area contributed by atoms with Gasteiger partial charge in [0.25, 0.3) is 0 Å². The summed E-state index contributed by atoms with van der Waals surface area (Å²) < 4.78 is 68.0. The van der Waals surface area contributed by atoms with Crippen molar-refractivity contribution in [1.82, 2.24) is 0 Å². The van der Waals surface area contributed by atoms with E-state index in [0.717, 1.165) is 69.2 Å². The summed E-state index contributed by atoms with van der Waals surface area (Å²) in [7, 11) is 0. The van der Waals surface area contributed by atoms with E-state index in [2.05, 4.69) is 18.6 Å². The lowest BCUT2D eigenvalue weighted by Crippen LogP contribution is -2.23. The molecule has 0 saturated carbocycles. The second-order valence-corrected chi connectivity index (χ2v) is 9.26. The first kappa shape index (κ1) is 36.2. The molecule has 0 aliphatic rings. The van der Waals surface area contributed by atoms with Gasteiger partial charge in [0.2, 0.25) is 5.92 Å². The van der Waals surface area contributed by atoms with Crippen LogP contribution in [0.4, 0.5) is 22.0 Å². The van der Waals surface area contributed by atoms with Crippen LogP contribution < -0.4 is 4.74 Å². The predicted octanol–water partition coefficient (Wildman–Crippen LogP) is 9.67. The molecule has 0 heterocycles. The van der Waals surface area contributed by atoms with Gasteiger partial charge in [-0.15, -0.1) is 0 Å². The van der Waals surface area contributed by atoms with E-state index in [0.29, 0.717) is 5.78 Å². The molecule has 0 bridgehead atoms. The van der Waals surface area contributed by atoms with E-state index in [9.17, 15) is 31.5 Å². The van der Waals surface area contributed by atoms with E-state index in [1.807, 2.05) is 20.8 Å². The van der Waals surface area contributed by atoms with Crippen molar-refractivity contribution in [2.24, 2.45) is 11.8 Å².